The van der Waals surface area contributed by atoms with E-state index in [0.29, 0.717) is 0 Å². The first-order valence-corrected chi connectivity index (χ1v) is 30.0. The van der Waals surface area contributed by atoms with Crippen LogP contribution in [0.4, 0.5) is 0 Å². The van der Waals surface area contributed by atoms with Crippen molar-refractivity contribution in [2.75, 3.05) is 146 Å². The van der Waals surface area contributed by atoms with Crippen LogP contribution in [-0.4, -0.2) is 396 Å². The summed E-state index contributed by atoms with van der Waals surface area (Å²) in [7, 11) is 19.2. The lowest BCUT2D eigenvalue weighted by molar-refractivity contribution is -0.402. The van der Waals surface area contributed by atoms with E-state index in [2.05, 4.69) is 0 Å². The summed E-state index contributed by atoms with van der Waals surface area (Å²) in [6.07, 6.45) is -43.5. The van der Waals surface area contributed by atoms with E-state index in [1.54, 1.807) is 0 Å². The summed E-state index contributed by atoms with van der Waals surface area (Å²) in [5.74, 6) is 0. The van der Waals surface area contributed by atoms with Crippen molar-refractivity contribution in [3.63, 3.8) is 0 Å². The molecule has 21 saturated heterocycles. The van der Waals surface area contributed by atoms with E-state index in [9.17, 15) is 35.7 Å². The molecule has 7 N–H and O–H groups in total. The molecular formula is C56H98O35. The van der Waals surface area contributed by atoms with E-state index in [1.807, 2.05) is 0 Å². The molecule has 0 spiro atoms. The number of hydrogen-bond donors (Lipinski definition) is 7. The van der Waals surface area contributed by atoms with E-state index >= 15 is 0 Å². The molecule has 0 aromatic carbocycles. The summed E-state index contributed by atoms with van der Waals surface area (Å²) in [6, 6.07) is 0. The van der Waals surface area contributed by atoms with E-state index in [1.165, 1.54) is 99.5 Å². The van der Waals surface area contributed by atoms with Crippen LogP contribution in [0.1, 0.15) is 0 Å². The molecule has 21 aliphatic rings. The molecule has 0 aromatic rings. The average Bonchev–Trinajstić information content (AvgIpc) is 0.799. The van der Waals surface area contributed by atoms with Crippen molar-refractivity contribution in [1.29, 1.82) is 0 Å². The largest absolute Gasteiger partial charge is 0.394 e. The van der Waals surface area contributed by atoms with Gasteiger partial charge in [0.15, 0.2) is 44.0 Å². The van der Waals surface area contributed by atoms with E-state index < -0.39 is 261 Å². The minimum absolute atomic E-state index is 0.692. The van der Waals surface area contributed by atoms with Crippen LogP contribution in [0.5, 0.6) is 0 Å². The first-order valence-electron chi connectivity index (χ1n) is 30.0. The van der Waals surface area contributed by atoms with Crippen LogP contribution < -0.4 is 0 Å². The number of hydrogen-bond acceptors (Lipinski definition) is 35. The van der Waals surface area contributed by atoms with Gasteiger partial charge in [-0.05, 0) is 0 Å². The van der Waals surface area contributed by atoms with Crippen molar-refractivity contribution >= 4 is 0 Å². The topological polar surface area (TPSA) is 400 Å². The second kappa shape index (κ2) is 35.4. The van der Waals surface area contributed by atoms with Crippen LogP contribution in [0.25, 0.3) is 0 Å². The monoisotopic (exact) mass is 1330 g/mol. The van der Waals surface area contributed by atoms with Gasteiger partial charge in [0.05, 0.1) is 46.2 Å². The lowest BCUT2D eigenvalue weighted by atomic mass is 9.94. The van der Waals surface area contributed by atoms with Crippen molar-refractivity contribution in [3.05, 3.63) is 0 Å². The first-order chi connectivity index (χ1) is 44.2. The van der Waals surface area contributed by atoms with Crippen molar-refractivity contribution in [3.8, 4) is 0 Å². The number of aliphatic hydroxyl groups excluding tert-OH is 7. The smallest absolute Gasteiger partial charge is 0.187 e. The van der Waals surface area contributed by atoms with Gasteiger partial charge < -0.3 is 168 Å². The fourth-order valence-electron chi connectivity index (χ4n) is 13.8. The molecule has 0 amide bonds. The van der Waals surface area contributed by atoms with E-state index in [4.69, 9.17) is 133 Å². The van der Waals surface area contributed by atoms with Crippen molar-refractivity contribution in [2.45, 2.75) is 215 Å². The third-order valence-electron chi connectivity index (χ3n) is 18.2. The van der Waals surface area contributed by atoms with Gasteiger partial charge in [-0.3, -0.25) is 0 Å². The Morgan fingerprint density at radius 3 is 0.341 bits per heavy atom. The maximum absolute atomic E-state index is 11.1. The van der Waals surface area contributed by atoms with E-state index in [-0.39, 0.29) is 0 Å². The molecule has 35 atom stereocenters. The molecule has 14 bridgehead atoms. The summed E-state index contributed by atoms with van der Waals surface area (Å²) in [4.78, 5) is 0. The summed E-state index contributed by atoms with van der Waals surface area (Å²) >= 11 is 0. The van der Waals surface area contributed by atoms with Gasteiger partial charge in [0, 0.05) is 99.5 Å². The molecule has 35 unspecified atom stereocenters. The first kappa shape index (κ1) is 75.4. The van der Waals surface area contributed by atoms with Crippen molar-refractivity contribution in [1.82, 2.24) is 0 Å². The number of aliphatic hydroxyl groups is 7. The minimum atomic E-state index is -1.41. The predicted octanol–water partition coefficient (Wildman–Crippen LogP) is -6.07. The Morgan fingerprint density at radius 1 is 0.165 bits per heavy atom. The Labute approximate surface area is 528 Å². The van der Waals surface area contributed by atoms with Crippen molar-refractivity contribution < 1.29 is 168 Å². The van der Waals surface area contributed by atoms with Gasteiger partial charge in [-0.15, -0.1) is 0 Å². The molecule has 0 aliphatic carbocycles. The highest BCUT2D eigenvalue weighted by Gasteiger charge is 2.62. The maximum Gasteiger partial charge on any atom is 0.187 e. The molecule has 0 aromatic heterocycles. The van der Waals surface area contributed by atoms with Crippen LogP contribution in [0.3, 0.4) is 0 Å². The molecule has 35 nitrogen and oxygen atoms in total. The molecule has 21 aliphatic heterocycles. The fraction of sp³-hybridized carbons (Fsp3) is 1.00. The number of rotatable bonds is 21. The molecular weight excluding hydrogens is 1230 g/mol. The van der Waals surface area contributed by atoms with Gasteiger partial charge in [0.25, 0.3) is 0 Å². The third kappa shape index (κ3) is 15.3. The SMILES string of the molecule is COC1C2OC(CO)C(OC3OC(CO)C(OC4OC(CO)C(OC5OC(CO)C(OC6OC(CO)C(OC7OC(CO)C(OC8OC(CO)C(O2)C(OC)C8OC)C(OC)C7OC)C(OC)C6OC)C(OC)C5OC)C(OC)C4OC)C(OC)C3OC)C1OC. The lowest BCUT2D eigenvalue weighted by Crippen LogP contribution is -2.69. The van der Waals surface area contributed by atoms with Gasteiger partial charge in [0.1, 0.15) is 171 Å². The summed E-state index contributed by atoms with van der Waals surface area (Å²) in [5.41, 5.74) is 0. The van der Waals surface area contributed by atoms with Gasteiger partial charge in [0.2, 0.25) is 0 Å². The van der Waals surface area contributed by atoms with Crippen LogP contribution in [-0.2, 0) is 133 Å². The van der Waals surface area contributed by atoms with Crippen LogP contribution in [0.2, 0.25) is 0 Å². The van der Waals surface area contributed by atoms with Gasteiger partial charge in [-0.1, -0.05) is 0 Å². The lowest BCUT2D eigenvalue weighted by Gasteiger charge is -2.52. The highest BCUT2D eigenvalue weighted by atomic mass is 16.8. The Hall–Kier alpha value is -1.40. The fourth-order valence-corrected chi connectivity index (χ4v) is 13.8. The quantitative estimate of drug-likeness (QED) is 0.0562. The standard InChI is InChI=1S/C56H98O35/c1-64-36-29-22(15-57)78-50(43(36)71-8)86-30-23(16-58)80-52(45(73-10)37(30)65-2)88-32-25(18-60)82-54(47(75-12)39(32)67-4)90-34-27(20-62)84-56(49(77-14)41(34)69-6)91-35-28(21-63)83-55(48(76-13)42(35)70-7)89-33-26(19-61)81-53(46(74-11)40(33)68-5)87-31-24(17-59)79-51(85-29)44(72-9)38(31)66-3/h22-63H,15-21H2,1-14H3. The molecule has 532 valence electrons. The Morgan fingerprint density at radius 2 is 0.264 bits per heavy atom. The molecule has 0 saturated carbocycles. The molecule has 35 heteroatoms. The van der Waals surface area contributed by atoms with Crippen molar-refractivity contribution in [2.24, 2.45) is 0 Å². The summed E-state index contributed by atoms with van der Waals surface area (Å²) in [6.45, 7) is -4.84. The normalized spacial score (nSPS) is 48.7. The Kier molecular flexibility index (Phi) is 29.3. The molecule has 91 heavy (non-hydrogen) atoms. The number of methoxy groups -OCH3 is 14. The van der Waals surface area contributed by atoms with Gasteiger partial charge in [-0.2, -0.15) is 0 Å². The second-order valence-corrected chi connectivity index (χ2v) is 22.6. The van der Waals surface area contributed by atoms with Crippen LogP contribution in [0.15, 0.2) is 0 Å². The molecule has 21 rings (SSSR count). The Balaban J connectivity index is 1.19. The predicted molar refractivity (Wildman–Crippen MR) is 295 cm³/mol. The Bertz CT molecular complexity index is 1690. The molecule has 0 radical (unpaired) electrons. The summed E-state index contributed by atoms with van der Waals surface area (Å²) < 4.78 is 177. The van der Waals surface area contributed by atoms with Gasteiger partial charge >= 0.3 is 0 Å². The second-order valence-electron chi connectivity index (χ2n) is 22.6. The zero-order valence-corrected chi connectivity index (χ0v) is 53.7. The highest BCUT2D eigenvalue weighted by Crippen LogP contribution is 2.42. The highest BCUT2D eigenvalue weighted by molar-refractivity contribution is 5.04. The summed E-state index contributed by atoms with van der Waals surface area (Å²) in [5, 5.41) is 77.6. The molecule has 21 fully saturated rings. The van der Waals surface area contributed by atoms with Crippen LogP contribution in [0, 0.1) is 0 Å². The maximum atomic E-state index is 11.1. The van der Waals surface area contributed by atoms with Gasteiger partial charge in [-0.25, -0.2) is 0 Å². The minimum Gasteiger partial charge on any atom is -0.394 e. The van der Waals surface area contributed by atoms with E-state index in [0.717, 1.165) is 0 Å². The zero-order chi connectivity index (χ0) is 66.0. The average molecular weight is 1330 g/mol. The zero-order valence-electron chi connectivity index (χ0n) is 53.7. The van der Waals surface area contributed by atoms with Crippen LogP contribution >= 0.6 is 0 Å². The third-order valence-corrected chi connectivity index (χ3v) is 18.2. The molecule has 21 heterocycles. The number of ether oxygens (including phenoxy) is 28.